The van der Waals surface area contributed by atoms with Crippen molar-refractivity contribution in [2.24, 2.45) is 34.8 Å². The van der Waals surface area contributed by atoms with E-state index in [0.29, 0.717) is 42.4 Å². The van der Waals surface area contributed by atoms with Gasteiger partial charge in [-0.15, -0.1) is 0 Å². The molecule has 1 aromatic heterocycles. The number of aryl methyl sites for hydroxylation is 1. The molecule has 0 aliphatic heterocycles. The van der Waals surface area contributed by atoms with Gasteiger partial charge in [-0.2, -0.15) is 0 Å². The number of nitrogens with one attached hydrogen (secondary N) is 1. The van der Waals surface area contributed by atoms with Crippen molar-refractivity contribution in [1.29, 1.82) is 0 Å². The molecule has 5 aliphatic carbocycles. The first kappa shape index (κ1) is 23.2. The highest BCUT2D eigenvalue weighted by Crippen LogP contribution is 2.63. The highest BCUT2D eigenvalue weighted by molar-refractivity contribution is 6.30. The molecule has 4 bridgehead atoms. The molecule has 184 valence electrons. The maximum atomic E-state index is 13.5. The predicted molar refractivity (Wildman–Crippen MR) is 136 cm³/mol. The number of halogens is 1. The number of aromatic nitrogens is 1. The third-order valence-corrected chi connectivity index (χ3v) is 9.79. The molecule has 5 nitrogen and oxygen atoms in total. The van der Waals surface area contributed by atoms with Crippen LogP contribution in [0.2, 0.25) is 5.02 Å². The van der Waals surface area contributed by atoms with Crippen LogP contribution >= 0.6 is 11.6 Å². The molecule has 1 heterocycles. The number of nitrogens with zero attached hydrogens (tertiary/aromatic N) is 1. The lowest BCUT2D eigenvalue weighted by Crippen LogP contribution is -2.59. The van der Waals surface area contributed by atoms with Gasteiger partial charge < -0.3 is 11.1 Å². The lowest BCUT2D eigenvalue weighted by atomic mass is 9.44. The van der Waals surface area contributed by atoms with E-state index in [1.165, 1.54) is 18.4 Å². The standard InChI is InChI=1S/C29H34ClN3O2/c30-22-2-4-23-19(12-22)1-3-24(23)28(35)33-16-25(31)27-20-9-18-10-21(27)15-29(13-18,14-20)26(34)11-17-5-7-32-8-6-17/h2,4-8,12,18,20-21,24-25,27H,1,3,9-11,13-16,31H2,(H,33,35). The van der Waals surface area contributed by atoms with Crippen LogP contribution in [-0.2, 0) is 22.4 Å². The van der Waals surface area contributed by atoms with Gasteiger partial charge in [0.2, 0.25) is 5.91 Å². The molecule has 35 heavy (non-hydrogen) atoms. The number of carbonyl (C=O) groups excluding carboxylic acids is 2. The van der Waals surface area contributed by atoms with Crippen molar-refractivity contribution in [3.8, 4) is 0 Å². The Morgan fingerprint density at radius 2 is 1.86 bits per heavy atom. The normalized spacial score (nSPS) is 33.4. The molecule has 1 aromatic carbocycles. The number of amides is 1. The van der Waals surface area contributed by atoms with Crippen molar-refractivity contribution >= 4 is 23.3 Å². The van der Waals surface area contributed by atoms with Gasteiger partial charge >= 0.3 is 0 Å². The molecule has 3 N–H and O–H groups in total. The maximum Gasteiger partial charge on any atom is 0.227 e. The summed E-state index contributed by atoms with van der Waals surface area (Å²) in [6.45, 7) is 0.512. The van der Waals surface area contributed by atoms with Gasteiger partial charge in [-0.05, 0) is 110 Å². The van der Waals surface area contributed by atoms with Gasteiger partial charge in [-0.1, -0.05) is 17.7 Å². The van der Waals surface area contributed by atoms with E-state index in [1.54, 1.807) is 12.4 Å². The summed E-state index contributed by atoms with van der Waals surface area (Å²) in [5.41, 5.74) is 9.96. The number of fused-ring (bicyclic) bond motifs is 1. The minimum absolute atomic E-state index is 0.0626. The number of pyridine rings is 1. The van der Waals surface area contributed by atoms with Crippen LogP contribution in [0.3, 0.4) is 0 Å². The van der Waals surface area contributed by atoms with Crippen molar-refractivity contribution in [2.45, 2.75) is 63.3 Å². The average Bonchev–Trinajstić information content (AvgIpc) is 3.25. The van der Waals surface area contributed by atoms with Gasteiger partial charge in [0.05, 0.1) is 5.92 Å². The quantitative estimate of drug-likeness (QED) is 0.598. The second-order valence-electron chi connectivity index (χ2n) is 11.6. The van der Waals surface area contributed by atoms with Gasteiger partial charge in [0.1, 0.15) is 5.78 Å². The summed E-state index contributed by atoms with van der Waals surface area (Å²) in [5, 5.41) is 3.91. The second-order valence-corrected chi connectivity index (χ2v) is 12.1. The van der Waals surface area contributed by atoms with E-state index in [9.17, 15) is 9.59 Å². The molecule has 5 aliphatic rings. The van der Waals surface area contributed by atoms with Crippen LogP contribution in [-0.4, -0.2) is 29.3 Å². The summed E-state index contributed by atoms with van der Waals surface area (Å²) in [4.78, 5) is 30.6. The van der Waals surface area contributed by atoms with Crippen LogP contribution in [0, 0.1) is 29.1 Å². The topological polar surface area (TPSA) is 85.1 Å². The van der Waals surface area contributed by atoms with Crippen molar-refractivity contribution in [3.05, 3.63) is 64.4 Å². The van der Waals surface area contributed by atoms with Gasteiger partial charge in [0, 0.05) is 41.8 Å². The molecule has 2 aromatic rings. The zero-order valence-corrected chi connectivity index (χ0v) is 20.8. The van der Waals surface area contributed by atoms with Crippen LogP contribution in [0.1, 0.15) is 61.1 Å². The summed E-state index contributed by atoms with van der Waals surface area (Å²) in [6, 6.07) is 9.70. The third kappa shape index (κ3) is 4.21. The Morgan fingerprint density at radius 1 is 1.11 bits per heavy atom. The van der Waals surface area contributed by atoms with E-state index in [0.717, 1.165) is 48.3 Å². The number of hydrogen-bond donors (Lipinski definition) is 2. The lowest BCUT2D eigenvalue weighted by Gasteiger charge is -2.60. The van der Waals surface area contributed by atoms with Crippen LogP contribution in [0.5, 0.6) is 0 Å². The summed E-state index contributed by atoms with van der Waals surface area (Å²) in [6.07, 6.45) is 11.1. The molecule has 1 amide bonds. The Morgan fingerprint density at radius 3 is 2.60 bits per heavy atom. The first-order valence-electron chi connectivity index (χ1n) is 13.2. The van der Waals surface area contributed by atoms with Gasteiger partial charge in [-0.25, -0.2) is 0 Å². The Kier molecular flexibility index (Phi) is 5.96. The number of ketones is 1. The maximum absolute atomic E-state index is 13.5. The number of rotatable bonds is 7. The Bertz CT molecular complexity index is 1120. The minimum Gasteiger partial charge on any atom is -0.354 e. The van der Waals surface area contributed by atoms with E-state index in [4.69, 9.17) is 17.3 Å². The van der Waals surface area contributed by atoms with Crippen molar-refractivity contribution in [2.75, 3.05) is 6.54 Å². The van der Waals surface area contributed by atoms with Crippen molar-refractivity contribution < 1.29 is 9.59 Å². The molecule has 6 heteroatoms. The van der Waals surface area contributed by atoms with Gasteiger partial charge in [0.15, 0.2) is 0 Å². The molecular formula is C29H34ClN3O2. The van der Waals surface area contributed by atoms with E-state index < -0.39 is 0 Å². The number of Topliss-reactive ketones (excluding diaryl/α,β-unsaturated/α-hetero) is 1. The van der Waals surface area contributed by atoms with E-state index in [1.807, 2.05) is 30.3 Å². The predicted octanol–water partition coefficient (Wildman–Crippen LogP) is 4.46. The summed E-state index contributed by atoms with van der Waals surface area (Å²) in [7, 11) is 0. The Balaban J connectivity index is 1.10. The van der Waals surface area contributed by atoms with Gasteiger partial charge in [-0.3, -0.25) is 14.6 Å². The average molecular weight is 492 g/mol. The monoisotopic (exact) mass is 491 g/mol. The summed E-state index contributed by atoms with van der Waals surface area (Å²) in [5.74, 6) is 2.39. The molecule has 0 saturated heterocycles. The zero-order valence-electron chi connectivity index (χ0n) is 20.1. The number of benzene rings is 1. The van der Waals surface area contributed by atoms with Crippen LogP contribution in [0.25, 0.3) is 0 Å². The number of hydrogen-bond acceptors (Lipinski definition) is 4. The fraction of sp³-hybridized carbons (Fsp3) is 0.552. The first-order chi connectivity index (χ1) is 16.9. The highest BCUT2D eigenvalue weighted by atomic mass is 35.5. The minimum atomic E-state index is -0.173. The molecule has 0 spiro atoms. The second kappa shape index (κ2) is 9.01. The molecular weight excluding hydrogens is 458 g/mol. The molecule has 4 unspecified atom stereocenters. The summed E-state index contributed by atoms with van der Waals surface area (Å²) < 4.78 is 0. The molecule has 4 saturated carbocycles. The lowest BCUT2D eigenvalue weighted by molar-refractivity contribution is -0.151. The SMILES string of the molecule is NC(CNC(=O)C1CCc2cc(Cl)ccc21)C1C2CC3CC1CC(C(=O)Cc1ccncc1)(C3)C2. The van der Waals surface area contributed by atoms with Gasteiger partial charge in [0.25, 0.3) is 0 Å². The zero-order chi connectivity index (χ0) is 24.2. The highest BCUT2D eigenvalue weighted by Gasteiger charge is 2.58. The fourth-order valence-electron chi connectivity index (χ4n) is 8.31. The van der Waals surface area contributed by atoms with Crippen LogP contribution in [0.15, 0.2) is 42.7 Å². The van der Waals surface area contributed by atoms with Crippen LogP contribution < -0.4 is 11.1 Å². The molecule has 4 atom stereocenters. The molecule has 0 radical (unpaired) electrons. The smallest absolute Gasteiger partial charge is 0.227 e. The van der Waals surface area contributed by atoms with E-state index >= 15 is 0 Å². The molecule has 7 rings (SSSR count). The third-order valence-electron chi connectivity index (χ3n) is 9.56. The molecule has 4 fully saturated rings. The van der Waals surface area contributed by atoms with Crippen LogP contribution in [0.4, 0.5) is 0 Å². The van der Waals surface area contributed by atoms with Crippen molar-refractivity contribution in [1.82, 2.24) is 10.3 Å². The van der Waals surface area contributed by atoms with E-state index in [-0.39, 0.29) is 23.3 Å². The number of carbonyl (C=O) groups is 2. The summed E-state index contributed by atoms with van der Waals surface area (Å²) >= 11 is 6.13. The van der Waals surface area contributed by atoms with E-state index in [2.05, 4.69) is 10.3 Å². The fourth-order valence-corrected chi connectivity index (χ4v) is 8.51. The Labute approximate surface area is 212 Å². The van der Waals surface area contributed by atoms with Crippen molar-refractivity contribution in [3.63, 3.8) is 0 Å². The largest absolute Gasteiger partial charge is 0.354 e. The Hall–Kier alpha value is -2.24. The number of nitrogens with two attached hydrogens (primary N) is 1. The first-order valence-corrected chi connectivity index (χ1v) is 13.5.